The summed E-state index contributed by atoms with van der Waals surface area (Å²) >= 11 is 0. The highest BCUT2D eigenvalue weighted by atomic mass is 32.2. The summed E-state index contributed by atoms with van der Waals surface area (Å²) in [5.74, 6) is 0. The summed E-state index contributed by atoms with van der Waals surface area (Å²) in [6.07, 6.45) is 0. The van der Waals surface area contributed by atoms with Gasteiger partial charge < -0.3 is 19.2 Å². The van der Waals surface area contributed by atoms with E-state index in [1.54, 1.807) is 0 Å². The van der Waals surface area contributed by atoms with Crippen LogP contribution in [-0.2, 0) is 10.1 Å². The van der Waals surface area contributed by atoms with Crippen molar-refractivity contribution in [3.05, 3.63) is 24.3 Å². The van der Waals surface area contributed by atoms with Crippen molar-refractivity contribution in [3.63, 3.8) is 0 Å². The Labute approximate surface area is 80.8 Å². The Kier molecular flexibility index (Phi) is 2.91. The first-order chi connectivity index (χ1) is 6.21. The van der Waals surface area contributed by atoms with Crippen LogP contribution in [0.5, 0.6) is 0 Å². The molecular weight excluding hydrogens is 231 g/mol. The van der Waals surface area contributed by atoms with Crippen molar-refractivity contribution in [2.24, 2.45) is 0 Å². The van der Waals surface area contributed by atoms with Gasteiger partial charge in [0.1, 0.15) is 10.1 Å². The second-order valence-corrected chi connectivity index (χ2v) is 5.34. The summed E-state index contributed by atoms with van der Waals surface area (Å²) in [6.45, 7) is 0. The standard InChI is InChI=1S/C6H7O6PS/c7-13(8,9)5-2-1-3-6(4-5)14(10,11)12/h1-4H,(H2,7,8,9)(H,10,11,12)/p-3. The van der Waals surface area contributed by atoms with Crippen molar-refractivity contribution in [2.75, 3.05) is 0 Å². The molecule has 0 saturated carbocycles. The van der Waals surface area contributed by atoms with Crippen LogP contribution in [0.1, 0.15) is 0 Å². The Bertz CT molecular complexity index is 434. The highest BCUT2D eigenvalue weighted by Crippen LogP contribution is 2.27. The number of hydrogen-bond donors (Lipinski definition) is 0. The van der Waals surface area contributed by atoms with E-state index in [0.717, 1.165) is 18.2 Å². The maximum Gasteiger partial charge on any atom is 0.124 e. The second-order valence-electron chi connectivity index (χ2n) is 2.45. The topological polar surface area (TPSA) is 126 Å². The van der Waals surface area contributed by atoms with Crippen molar-refractivity contribution in [2.45, 2.75) is 4.90 Å². The lowest BCUT2D eigenvalue weighted by molar-refractivity contribution is -0.421. The third-order valence-corrected chi connectivity index (χ3v) is 3.16. The van der Waals surface area contributed by atoms with Gasteiger partial charge in [0.15, 0.2) is 0 Å². The Morgan fingerprint density at radius 2 is 1.71 bits per heavy atom. The molecule has 0 aliphatic carbocycles. The molecule has 0 spiro atoms. The van der Waals surface area contributed by atoms with Gasteiger partial charge in [-0.25, -0.2) is 8.42 Å². The Hall–Kier alpha value is -0.560. The fourth-order valence-electron chi connectivity index (χ4n) is 0.809. The minimum Gasteiger partial charge on any atom is -0.744 e. The van der Waals surface area contributed by atoms with Crippen LogP contribution in [0, 0.1) is 0 Å². The van der Waals surface area contributed by atoms with E-state index in [1.165, 1.54) is 0 Å². The lowest BCUT2D eigenvalue weighted by Crippen LogP contribution is -2.40. The van der Waals surface area contributed by atoms with E-state index in [0.29, 0.717) is 6.07 Å². The summed E-state index contributed by atoms with van der Waals surface area (Å²) in [6, 6.07) is 3.41. The first-order valence-corrected chi connectivity index (χ1v) is 6.25. The highest BCUT2D eigenvalue weighted by Gasteiger charge is 2.07. The van der Waals surface area contributed by atoms with E-state index in [-0.39, 0.29) is 0 Å². The summed E-state index contributed by atoms with van der Waals surface area (Å²) in [5, 5.41) is -0.713. The molecule has 0 aromatic heterocycles. The smallest absolute Gasteiger partial charge is 0.124 e. The highest BCUT2D eigenvalue weighted by molar-refractivity contribution is 7.85. The minimum absolute atomic E-state index is 0.545. The normalized spacial score (nSPS) is 12.9. The molecule has 78 valence electrons. The van der Waals surface area contributed by atoms with Gasteiger partial charge in [0.05, 0.1) is 10.2 Å². The van der Waals surface area contributed by atoms with Crippen LogP contribution in [0.4, 0.5) is 0 Å². The minimum atomic E-state index is -5.02. The lowest BCUT2D eigenvalue weighted by atomic mass is 10.4. The molecular formula is C6H4O6PS-3. The lowest BCUT2D eigenvalue weighted by Gasteiger charge is -2.41. The Morgan fingerprint density at radius 3 is 2.14 bits per heavy atom. The second kappa shape index (κ2) is 3.54. The SMILES string of the molecule is O=S(=O)([O-])c1cccc([P+]([O-])([O-])[O-])c1. The van der Waals surface area contributed by atoms with E-state index in [1.807, 2.05) is 0 Å². The average molecular weight is 235 g/mol. The molecule has 0 bridgehead atoms. The number of benzene rings is 1. The number of hydrogen-bond acceptors (Lipinski definition) is 6. The molecule has 0 heterocycles. The zero-order valence-electron chi connectivity index (χ0n) is 6.61. The fourth-order valence-corrected chi connectivity index (χ4v) is 1.98. The molecule has 0 aliphatic heterocycles. The maximum atomic E-state index is 10.5. The van der Waals surface area contributed by atoms with E-state index < -0.39 is 28.3 Å². The Balaban J connectivity index is 3.29. The van der Waals surface area contributed by atoms with Crippen molar-refractivity contribution >= 4 is 23.4 Å². The molecule has 14 heavy (non-hydrogen) atoms. The average Bonchev–Trinajstić information content (AvgIpc) is 2.01. The zero-order valence-corrected chi connectivity index (χ0v) is 8.33. The predicted molar refractivity (Wildman–Crippen MR) is 41.0 cm³/mol. The van der Waals surface area contributed by atoms with Crippen LogP contribution in [0.2, 0.25) is 0 Å². The fraction of sp³-hybridized carbons (Fsp3) is 0. The third kappa shape index (κ3) is 2.71. The van der Waals surface area contributed by atoms with Gasteiger partial charge in [-0.1, -0.05) is 6.07 Å². The van der Waals surface area contributed by atoms with Crippen molar-refractivity contribution < 1.29 is 27.7 Å². The van der Waals surface area contributed by atoms with Gasteiger partial charge in [-0.05, 0) is 18.2 Å². The van der Waals surface area contributed by atoms with Crippen molar-refractivity contribution in [1.29, 1.82) is 0 Å². The molecule has 1 rings (SSSR count). The number of rotatable bonds is 2. The maximum absolute atomic E-state index is 10.5. The summed E-state index contributed by atoms with van der Waals surface area (Å²) in [7, 11) is -9.75. The van der Waals surface area contributed by atoms with Crippen LogP contribution < -0.4 is 20.0 Å². The molecule has 0 unspecified atom stereocenters. The van der Waals surface area contributed by atoms with Crippen molar-refractivity contribution in [3.8, 4) is 0 Å². The van der Waals surface area contributed by atoms with Crippen LogP contribution in [0.25, 0.3) is 0 Å². The summed E-state index contributed by atoms with van der Waals surface area (Å²) in [4.78, 5) is 30.7. The van der Waals surface area contributed by atoms with Gasteiger partial charge >= 0.3 is 0 Å². The molecule has 1 aromatic rings. The first-order valence-electron chi connectivity index (χ1n) is 3.30. The zero-order chi connectivity index (χ0) is 11.0. The van der Waals surface area contributed by atoms with Crippen LogP contribution >= 0.6 is 7.94 Å². The summed E-state index contributed by atoms with van der Waals surface area (Å²) in [5.41, 5.74) is 0. The van der Waals surface area contributed by atoms with Crippen LogP contribution in [-0.4, -0.2) is 13.0 Å². The van der Waals surface area contributed by atoms with Gasteiger partial charge in [-0.3, -0.25) is 0 Å². The van der Waals surface area contributed by atoms with E-state index in [2.05, 4.69) is 0 Å². The molecule has 0 aliphatic rings. The van der Waals surface area contributed by atoms with Gasteiger partial charge in [0.2, 0.25) is 0 Å². The first kappa shape index (κ1) is 11.5. The Morgan fingerprint density at radius 1 is 1.14 bits per heavy atom. The van der Waals surface area contributed by atoms with Crippen molar-refractivity contribution in [1.82, 2.24) is 0 Å². The quantitative estimate of drug-likeness (QED) is 0.398. The van der Waals surface area contributed by atoms with Gasteiger partial charge in [0, 0.05) is 0 Å². The molecule has 1 aromatic carbocycles. The molecule has 0 saturated heterocycles. The van der Waals surface area contributed by atoms with E-state index in [9.17, 15) is 27.7 Å². The monoisotopic (exact) mass is 235 g/mol. The molecule has 8 heteroatoms. The largest absolute Gasteiger partial charge is 0.744 e. The molecule has 0 radical (unpaired) electrons. The van der Waals surface area contributed by atoms with Crippen LogP contribution in [0.15, 0.2) is 29.2 Å². The molecule has 0 atom stereocenters. The molecule has 0 fully saturated rings. The summed E-state index contributed by atoms with van der Waals surface area (Å²) < 4.78 is 31.4. The van der Waals surface area contributed by atoms with Gasteiger partial charge in [-0.2, -0.15) is 0 Å². The predicted octanol–water partition coefficient (Wildman–Crippen LogP) is -2.94. The van der Waals surface area contributed by atoms with Gasteiger partial charge in [0.25, 0.3) is 0 Å². The molecule has 0 amide bonds. The van der Waals surface area contributed by atoms with Gasteiger partial charge in [-0.15, -0.1) is 7.94 Å². The molecule has 0 N–H and O–H groups in total. The van der Waals surface area contributed by atoms with E-state index in [4.69, 9.17) is 0 Å². The molecule has 6 nitrogen and oxygen atoms in total. The van der Waals surface area contributed by atoms with Crippen LogP contribution in [0.3, 0.4) is 0 Å². The third-order valence-electron chi connectivity index (χ3n) is 1.42. The van der Waals surface area contributed by atoms with E-state index >= 15 is 0 Å².